The quantitative estimate of drug-likeness (QED) is 0.179. The molecule has 0 spiro atoms. The smallest absolute Gasteiger partial charge is 0.0123 e. The summed E-state index contributed by atoms with van der Waals surface area (Å²) >= 11 is 0. The molecule has 3 aliphatic rings. The molecule has 0 saturated heterocycles. The van der Waals surface area contributed by atoms with Crippen molar-refractivity contribution in [2.24, 2.45) is 5.41 Å². The number of allylic oxidation sites excluding steroid dienone is 2. The van der Waals surface area contributed by atoms with Crippen LogP contribution >= 0.6 is 7.92 Å². The predicted octanol–water partition coefficient (Wildman–Crippen LogP) is 10.5. The van der Waals surface area contributed by atoms with Crippen LogP contribution in [0.5, 0.6) is 0 Å². The molecule has 0 nitrogen and oxygen atoms in total. The summed E-state index contributed by atoms with van der Waals surface area (Å²) in [6, 6.07) is 33.1. The van der Waals surface area contributed by atoms with E-state index < -0.39 is 7.92 Å². The van der Waals surface area contributed by atoms with E-state index in [4.69, 9.17) is 0 Å². The van der Waals surface area contributed by atoms with E-state index in [1.54, 1.807) is 27.4 Å². The van der Waals surface area contributed by atoms with Gasteiger partial charge in [0.2, 0.25) is 0 Å². The zero-order chi connectivity index (χ0) is 30.9. The molecule has 2 aliphatic heterocycles. The van der Waals surface area contributed by atoms with Crippen molar-refractivity contribution in [1.82, 2.24) is 0 Å². The van der Waals surface area contributed by atoms with Crippen LogP contribution < -0.4 is 15.7 Å². The van der Waals surface area contributed by atoms with Gasteiger partial charge in [-0.05, 0) is 127 Å². The maximum absolute atomic E-state index is 2.60. The van der Waals surface area contributed by atoms with Gasteiger partial charge in [-0.15, -0.1) is 0 Å². The third-order valence-corrected chi connectivity index (χ3v) is 14.8. The van der Waals surface area contributed by atoms with Gasteiger partial charge in [0, 0.05) is 5.66 Å². The van der Waals surface area contributed by atoms with Crippen molar-refractivity contribution in [3.63, 3.8) is 0 Å². The molecule has 4 atom stereocenters. The molecule has 0 bridgehead atoms. The van der Waals surface area contributed by atoms with Gasteiger partial charge in [0.05, 0.1) is 0 Å². The fraction of sp³-hybridized carbons (Fsp3) is 0.318. The van der Waals surface area contributed by atoms with Gasteiger partial charge in [0.15, 0.2) is 0 Å². The van der Waals surface area contributed by atoms with Gasteiger partial charge in [0.1, 0.15) is 0 Å². The highest BCUT2D eigenvalue weighted by Crippen LogP contribution is 2.64. The lowest BCUT2D eigenvalue weighted by Gasteiger charge is -2.43. The van der Waals surface area contributed by atoms with Gasteiger partial charge in [-0.25, -0.2) is 0 Å². The van der Waals surface area contributed by atoms with Crippen LogP contribution in [-0.4, -0.2) is 6.16 Å². The average Bonchev–Trinajstić information content (AvgIpc) is 3.31. The van der Waals surface area contributed by atoms with Crippen molar-refractivity contribution in [2.75, 3.05) is 6.16 Å². The van der Waals surface area contributed by atoms with E-state index in [1.807, 2.05) is 0 Å². The highest BCUT2D eigenvalue weighted by Gasteiger charge is 2.44. The molecule has 4 unspecified atom stereocenters. The normalized spacial score (nSPS) is 21.4. The van der Waals surface area contributed by atoms with E-state index in [1.165, 1.54) is 49.5 Å². The number of benzene rings is 5. The molecule has 0 aromatic heterocycles. The molecular weight excluding hydrogens is 559 g/mol. The minimum Gasteiger partial charge on any atom is -0.0800 e. The molecule has 0 amide bonds. The molecule has 0 fully saturated rings. The summed E-state index contributed by atoms with van der Waals surface area (Å²) in [5.74, 6) is 0.867. The Kier molecular flexibility index (Phi) is 7.15. The Morgan fingerprint density at radius 1 is 0.800 bits per heavy atom. The summed E-state index contributed by atoms with van der Waals surface area (Å²) in [4.78, 5) is 0. The average molecular weight is 605 g/mol. The van der Waals surface area contributed by atoms with Gasteiger partial charge in [0.25, 0.3) is 0 Å². The van der Waals surface area contributed by atoms with E-state index >= 15 is 0 Å². The van der Waals surface area contributed by atoms with Crippen LogP contribution in [0.1, 0.15) is 99.2 Å². The molecule has 45 heavy (non-hydrogen) atoms. The number of rotatable bonds is 4. The lowest BCUT2D eigenvalue weighted by molar-refractivity contribution is 0.249. The number of hydrogen-bond donors (Lipinski definition) is 0. The largest absolute Gasteiger partial charge is 0.0800 e. The summed E-state index contributed by atoms with van der Waals surface area (Å²) in [5, 5.41) is 10.3. The summed E-state index contributed by atoms with van der Waals surface area (Å²) in [6.07, 6.45) is 13.3. The van der Waals surface area contributed by atoms with Crippen LogP contribution in [0.4, 0.5) is 0 Å². The van der Waals surface area contributed by atoms with Crippen LogP contribution in [0.25, 0.3) is 39.3 Å². The Balaban J connectivity index is 1.37. The minimum atomic E-state index is -0.471. The fourth-order valence-electron chi connectivity index (χ4n) is 9.08. The predicted molar refractivity (Wildman–Crippen MR) is 198 cm³/mol. The second-order valence-electron chi connectivity index (χ2n) is 14.3. The number of hydrogen-bond acceptors (Lipinski definition) is 0. The maximum atomic E-state index is 2.60. The standard InChI is InChI=1S/C44H45P/c1-6-30-22-23-31-13-8-10-18-35(31)42(30)29(3)44(4,5)38-27-45-39(37-20-12-16-33-15-11-19-36(38)43(33)37)25-21-28(2)41-34-17-9-7-14-32(34)24-26-40(41)45/h7,9,11-24,26,29,38-39H,6,8,10,25,27H2,1-5H3. The first-order valence-electron chi connectivity index (χ1n) is 17.2. The van der Waals surface area contributed by atoms with E-state index in [2.05, 4.69) is 138 Å². The van der Waals surface area contributed by atoms with E-state index in [-0.39, 0.29) is 5.41 Å². The summed E-state index contributed by atoms with van der Waals surface area (Å²) in [7, 11) is -0.471. The van der Waals surface area contributed by atoms with Crippen molar-refractivity contribution >= 4 is 52.5 Å². The van der Waals surface area contributed by atoms with E-state index in [9.17, 15) is 0 Å². The van der Waals surface area contributed by atoms with Crippen molar-refractivity contribution in [3.8, 4) is 0 Å². The zero-order valence-corrected chi connectivity index (χ0v) is 28.4. The van der Waals surface area contributed by atoms with E-state index in [0.717, 1.165) is 25.7 Å². The van der Waals surface area contributed by atoms with Crippen LogP contribution in [-0.2, 0) is 6.42 Å². The molecule has 5 aromatic carbocycles. The van der Waals surface area contributed by atoms with Crippen molar-refractivity contribution < 1.29 is 0 Å². The molecule has 2 heterocycles. The third-order valence-electron chi connectivity index (χ3n) is 11.8. The first-order valence-corrected chi connectivity index (χ1v) is 18.8. The molecular formula is C44H45P. The molecule has 8 rings (SSSR count). The van der Waals surface area contributed by atoms with Gasteiger partial charge in [-0.3, -0.25) is 0 Å². The first kappa shape index (κ1) is 29.0. The molecule has 0 radical (unpaired) electrons. The molecule has 0 saturated carbocycles. The molecule has 1 aliphatic carbocycles. The Morgan fingerprint density at radius 2 is 1.56 bits per heavy atom. The Morgan fingerprint density at radius 3 is 2.38 bits per heavy atom. The monoisotopic (exact) mass is 604 g/mol. The molecule has 5 aromatic rings. The summed E-state index contributed by atoms with van der Waals surface area (Å²) < 4.78 is 0. The van der Waals surface area contributed by atoms with Crippen molar-refractivity contribution in [2.45, 2.75) is 77.8 Å². The SMILES string of the molecule is CCc1ccc2c(c1C(C)C(C)(C)C1CP3c4ccc5ccccc5c4C(C)=CCC3c3cccc4cccc1c34)=CCCC=2. The highest BCUT2D eigenvalue weighted by molar-refractivity contribution is 7.66. The van der Waals surface area contributed by atoms with Crippen LogP contribution in [0.2, 0.25) is 0 Å². The van der Waals surface area contributed by atoms with Gasteiger partial charge >= 0.3 is 0 Å². The third kappa shape index (κ3) is 4.51. The number of fused-ring (bicyclic) bond motifs is 7. The Bertz CT molecular complexity index is 2120. The Hall–Kier alpha value is -3.47. The molecule has 1 heteroatoms. The highest BCUT2D eigenvalue weighted by atomic mass is 31.1. The number of aryl methyl sites for hydroxylation is 1. The van der Waals surface area contributed by atoms with Crippen molar-refractivity contribution in [1.29, 1.82) is 0 Å². The second-order valence-corrected chi connectivity index (χ2v) is 16.8. The zero-order valence-electron chi connectivity index (χ0n) is 27.5. The fourth-order valence-corrected chi connectivity index (χ4v) is 12.7. The van der Waals surface area contributed by atoms with Crippen LogP contribution in [0.3, 0.4) is 0 Å². The second kappa shape index (κ2) is 11.1. The summed E-state index contributed by atoms with van der Waals surface area (Å²) in [5.41, 5.74) is 9.84. The van der Waals surface area contributed by atoms with Gasteiger partial charge in [-0.2, -0.15) is 0 Å². The van der Waals surface area contributed by atoms with Crippen molar-refractivity contribution in [3.05, 3.63) is 129 Å². The minimum absolute atomic E-state index is 0.0503. The summed E-state index contributed by atoms with van der Waals surface area (Å²) in [6.45, 7) is 12.5. The van der Waals surface area contributed by atoms with Gasteiger partial charge < -0.3 is 0 Å². The molecule has 226 valence electrons. The topological polar surface area (TPSA) is 0 Å². The Labute approximate surface area is 270 Å². The maximum Gasteiger partial charge on any atom is 0.0123 e. The molecule has 0 N–H and O–H groups in total. The van der Waals surface area contributed by atoms with Crippen LogP contribution in [0, 0.1) is 5.41 Å². The lowest BCUT2D eigenvalue weighted by Crippen LogP contribution is -2.38. The van der Waals surface area contributed by atoms with Gasteiger partial charge in [-0.1, -0.05) is 139 Å². The first-order chi connectivity index (χ1) is 21.9. The van der Waals surface area contributed by atoms with Crippen LogP contribution in [0.15, 0.2) is 91.0 Å². The van der Waals surface area contributed by atoms with E-state index in [0.29, 0.717) is 17.5 Å². The lowest BCUT2D eigenvalue weighted by atomic mass is 9.64.